The lowest BCUT2D eigenvalue weighted by Crippen LogP contribution is -1.99. The van der Waals surface area contributed by atoms with Gasteiger partial charge < -0.3 is 5.32 Å². The Morgan fingerprint density at radius 3 is 2.78 bits per heavy atom. The molecule has 0 unspecified atom stereocenters. The number of nitrogens with zero attached hydrogens (tertiary/aromatic N) is 2. The van der Waals surface area contributed by atoms with Crippen LogP contribution in [-0.2, 0) is 6.54 Å². The van der Waals surface area contributed by atoms with E-state index in [1.54, 1.807) is 0 Å². The third-order valence-electron chi connectivity index (χ3n) is 2.68. The molecule has 0 aliphatic rings. The van der Waals surface area contributed by atoms with Crippen LogP contribution in [0.15, 0.2) is 46.3 Å². The number of aromatic nitrogens is 2. The number of halogens is 1. The van der Waals surface area contributed by atoms with Crippen molar-refractivity contribution in [3.8, 4) is 0 Å². The van der Waals surface area contributed by atoms with Gasteiger partial charge >= 0.3 is 0 Å². The number of hydrogen-bond acceptors (Lipinski definition) is 4. The van der Waals surface area contributed by atoms with E-state index < -0.39 is 0 Å². The predicted molar refractivity (Wildman–Crippen MR) is 78.9 cm³/mol. The smallest absolute Gasteiger partial charge is 0.0946 e. The average Bonchev–Trinajstić information content (AvgIpc) is 2.89. The van der Waals surface area contributed by atoms with Crippen LogP contribution in [0.2, 0.25) is 0 Å². The molecule has 0 spiro atoms. The Labute approximate surface area is 117 Å². The van der Waals surface area contributed by atoms with Crippen LogP contribution in [0.5, 0.6) is 0 Å². The molecule has 0 atom stereocenters. The molecule has 90 valence electrons. The summed E-state index contributed by atoms with van der Waals surface area (Å²) < 4.78 is 4.94. The maximum absolute atomic E-state index is 4.01. The van der Waals surface area contributed by atoms with Gasteiger partial charge in [0.2, 0.25) is 0 Å². The second kappa shape index (κ2) is 5.04. The van der Waals surface area contributed by atoms with E-state index in [0.29, 0.717) is 6.54 Å². The number of nitrogens with one attached hydrogen (secondary N) is 1. The first-order valence-electron chi connectivity index (χ1n) is 5.50. The van der Waals surface area contributed by atoms with Crippen molar-refractivity contribution in [2.45, 2.75) is 6.54 Å². The predicted octanol–water partition coefficient (Wildman–Crippen LogP) is 4.07. The summed E-state index contributed by atoms with van der Waals surface area (Å²) in [6.45, 7) is 0.707. The number of anilines is 1. The van der Waals surface area contributed by atoms with Crippen LogP contribution in [0, 0.1) is 0 Å². The standard InChI is InChI=1S/C13H10BrN3S/c14-11-3-1-10-6-12(4-2-9(10)5-11)15-7-13-8-18-17-16-13/h1-6,8,15H,7H2. The molecule has 0 radical (unpaired) electrons. The Bertz CT molecular complexity index is 667. The zero-order chi connectivity index (χ0) is 12.4. The maximum Gasteiger partial charge on any atom is 0.0946 e. The second-order valence-electron chi connectivity index (χ2n) is 3.96. The fourth-order valence-corrected chi connectivity index (χ4v) is 2.61. The quantitative estimate of drug-likeness (QED) is 0.790. The van der Waals surface area contributed by atoms with Crippen LogP contribution in [-0.4, -0.2) is 9.59 Å². The highest BCUT2D eigenvalue weighted by Crippen LogP contribution is 2.23. The van der Waals surface area contributed by atoms with Gasteiger partial charge in [-0.1, -0.05) is 32.6 Å². The summed E-state index contributed by atoms with van der Waals surface area (Å²) in [5, 5.41) is 11.7. The van der Waals surface area contributed by atoms with Gasteiger partial charge in [0.05, 0.1) is 12.2 Å². The maximum atomic E-state index is 4.01. The lowest BCUT2D eigenvalue weighted by atomic mass is 10.1. The summed E-state index contributed by atoms with van der Waals surface area (Å²) in [7, 11) is 0. The zero-order valence-corrected chi connectivity index (χ0v) is 11.8. The Kier molecular flexibility index (Phi) is 3.25. The molecule has 0 amide bonds. The minimum absolute atomic E-state index is 0.707. The first kappa shape index (κ1) is 11.6. The molecule has 1 N–H and O–H groups in total. The van der Waals surface area contributed by atoms with Gasteiger partial charge in [0, 0.05) is 15.5 Å². The number of fused-ring (bicyclic) bond motifs is 1. The van der Waals surface area contributed by atoms with E-state index in [-0.39, 0.29) is 0 Å². The molecule has 3 nitrogen and oxygen atoms in total. The summed E-state index contributed by atoms with van der Waals surface area (Å²) >= 11 is 4.85. The minimum atomic E-state index is 0.707. The van der Waals surface area contributed by atoms with Gasteiger partial charge in [-0.3, -0.25) is 0 Å². The molecule has 5 heteroatoms. The van der Waals surface area contributed by atoms with Crippen molar-refractivity contribution < 1.29 is 0 Å². The second-order valence-corrected chi connectivity index (χ2v) is 5.48. The monoisotopic (exact) mass is 319 g/mol. The molecular formula is C13H10BrN3S. The Morgan fingerprint density at radius 1 is 1.11 bits per heavy atom. The normalized spacial score (nSPS) is 10.7. The van der Waals surface area contributed by atoms with Crippen LogP contribution in [0.25, 0.3) is 10.8 Å². The van der Waals surface area contributed by atoms with Crippen LogP contribution in [0.4, 0.5) is 5.69 Å². The molecule has 0 aliphatic heterocycles. The van der Waals surface area contributed by atoms with E-state index in [1.165, 1.54) is 22.3 Å². The molecule has 0 saturated carbocycles. The molecule has 18 heavy (non-hydrogen) atoms. The zero-order valence-electron chi connectivity index (χ0n) is 9.43. The highest BCUT2D eigenvalue weighted by molar-refractivity contribution is 9.10. The van der Waals surface area contributed by atoms with E-state index in [4.69, 9.17) is 0 Å². The van der Waals surface area contributed by atoms with Gasteiger partial charge in [-0.2, -0.15) is 0 Å². The lowest BCUT2D eigenvalue weighted by Gasteiger charge is -2.06. The van der Waals surface area contributed by atoms with Gasteiger partial charge in [0.25, 0.3) is 0 Å². The van der Waals surface area contributed by atoms with Crippen molar-refractivity contribution in [3.63, 3.8) is 0 Å². The molecule has 0 aliphatic carbocycles. The molecule has 0 bridgehead atoms. The van der Waals surface area contributed by atoms with Crippen molar-refractivity contribution in [2.24, 2.45) is 0 Å². The molecule has 0 fully saturated rings. The van der Waals surface area contributed by atoms with Gasteiger partial charge in [-0.15, -0.1) is 5.10 Å². The molecule has 3 rings (SSSR count). The third kappa shape index (κ3) is 2.52. The molecule has 1 aromatic heterocycles. The fourth-order valence-electron chi connectivity index (χ4n) is 1.78. The highest BCUT2D eigenvalue weighted by atomic mass is 79.9. The van der Waals surface area contributed by atoms with Gasteiger partial charge in [-0.25, -0.2) is 0 Å². The largest absolute Gasteiger partial charge is 0.379 e. The number of benzene rings is 2. The van der Waals surface area contributed by atoms with Crippen molar-refractivity contribution in [1.82, 2.24) is 9.59 Å². The first-order valence-corrected chi connectivity index (χ1v) is 7.13. The summed E-state index contributed by atoms with van der Waals surface area (Å²) in [4.78, 5) is 0. The molecular weight excluding hydrogens is 310 g/mol. The number of hydrogen-bond donors (Lipinski definition) is 1. The molecule has 3 aromatic rings. The highest BCUT2D eigenvalue weighted by Gasteiger charge is 1.99. The summed E-state index contributed by atoms with van der Waals surface area (Å²) in [5.41, 5.74) is 2.06. The van der Waals surface area contributed by atoms with Crippen LogP contribution >= 0.6 is 27.5 Å². The van der Waals surface area contributed by atoms with Gasteiger partial charge in [0.1, 0.15) is 0 Å². The Morgan fingerprint density at radius 2 is 1.94 bits per heavy atom. The van der Waals surface area contributed by atoms with Crippen molar-refractivity contribution in [3.05, 3.63) is 51.9 Å². The topological polar surface area (TPSA) is 37.8 Å². The van der Waals surface area contributed by atoms with Gasteiger partial charge in [0.15, 0.2) is 0 Å². The van der Waals surface area contributed by atoms with Crippen LogP contribution < -0.4 is 5.32 Å². The number of rotatable bonds is 3. The lowest BCUT2D eigenvalue weighted by molar-refractivity contribution is 0.999. The van der Waals surface area contributed by atoms with Gasteiger partial charge in [-0.05, 0) is 46.6 Å². The van der Waals surface area contributed by atoms with E-state index in [2.05, 4.69) is 67.2 Å². The van der Waals surface area contributed by atoms with Crippen LogP contribution in [0.1, 0.15) is 5.69 Å². The van der Waals surface area contributed by atoms with E-state index in [0.717, 1.165) is 15.9 Å². The Hall–Kier alpha value is -1.46. The molecule has 1 heterocycles. The molecule has 2 aromatic carbocycles. The molecule has 0 saturated heterocycles. The van der Waals surface area contributed by atoms with Crippen molar-refractivity contribution in [1.29, 1.82) is 0 Å². The Balaban J connectivity index is 1.82. The summed E-state index contributed by atoms with van der Waals surface area (Å²) in [6, 6.07) is 12.6. The van der Waals surface area contributed by atoms with Crippen LogP contribution in [0.3, 0.4) is 0 Å². The summed E-state index contributed by atoms with van der Waals surface area (Å²) in [5.74, 6) is 0. The van der Waals surface area contributed by atoms with Crippen molar-refractivity contribution in [2.75, 3.05) is 5.32 Å². The van der Waals surface area contributed by atoms with E-state index >= 15 is 0 Å². The first-order chi connectivity index (χ1) is 8.81. The summed E-state index contributed by atoms with van der Waals surface area (Å²) in [6.07, 6.45) is 0. The van der Waals surface area contributed by atoms with E-state index in [9.17, 15) is 0 Å². The average molecular weight is 320 g/mol. The fraction of sp³-hybridized carbons (Fsp3) is 0.0769. The van der Waals surface area contributed by atoms with E-state index in [1.807, 2.05) is 5.38 Å². The SMILES string of the molecule is Brc1ccc2cc(NCc3csnn3)ccc2c1. The van der Waals surface area contributed by atoms with Crippen molar-refractivity contribution >= 4 is 43.9 Å². The third-order valence-corrected chi connectivity index (χ3v) is 3.73. The minimum Gasteiger partial charge on any atom is -0.379 e.